The molecule has 0 saturated heterocycles. The molecule has 5 nitrogen and oxygen atoms in total. The number of fused-ring (bicyclic) bond motifs is 1. The number of rotatable bonds is 2. The molecule has 21 heavy (non-hydrogen) atoms. The number of hydrogen-bond donors (Lipinski definition) is 2. The Morgan fingerprint density at radius 2 is 2.05 bits per heavy atom. The third kappa shape index (κ3) is 2.84. The number of carbonyl (C=O) groups is 1. The maximum Gasteiger partial charge on any atom is 0.274 e. The van der Waals surface area contributed by atoms with E-state index >= 15 is 0 Å². The Hall–Kier alpha value is -1.36. The summed E-state index contributed by atoms with van der Waals surface area (Å²) in [6.45, 7) is 6.34. The van der Waals surface area contributed by atoms with Crippen molar-refractivity contribution < 1.29 is 4.79 Å². The molecule has 116 valence electrons. The van der Waals surface area contributed by atoms with Gasteiger partial charge in [0, 0.05) is 43.9 Å². The van der Waals surface area contributed by atoms with Crippen molar-refractivity contribution in [3.05, 3.63) is 17.0 Å². The van der Waals surface area contributed by atoms with Crippen LogP contribution in [0.4, 0.5) is 0 Å². The highest BCUT2D eigenvalue weighted by Gasteiger charge is 2.32. The number of aromatic nitrogens is 2. The largest absolute Gasteiger partial charge is 0.337 e. The predicted octanol–water partition coefficient (Wildman–Crippen LogP) is 2.10. The molecule has 1 saturated carbocycles. The van der Waals surface area contributed by atoms with Crippen LogP contribution >= 0.6 is 0 Å². The number of H-pyrrole nitrogens is 1. The van der Waals surface area contributed by atoms with E-state index in [9.17, 15) is 4.79 Å². The third-order valence-electron chi connectivity index (χ3n) is 5.19. The molecule has 2 aliphatic rings. The average molecular weight is 290 g/mol. The highest BCUT2D eigenvalue weighted by molar-refractivity contribution is 5.94. The molecular weight excluding hydrogens is 264 g/mol. The topological polar surface area (TPSA) is 61.0 Å². The number of carbonyl (C=O) groups excluding carboxylic acids is 1. The second kappa shape index (κ2) is 5.44. The van der Waals surface area contributed by atoms with Gasteiger partial charge in [0.25, 0.3) is 5.91 Å². The number of hydrogen-bond acceptors (Lipinski definition) is 3. The first-order valence-electron chi connectivity index (χ1n) is 8.02. The Morgan fingerprint density at radius 3 is 2.76 bits per heavy atom. The van der Waals surface area contributed by atoms with Gasteiger partial charge in [0.15, 0.2) is 5.69 Å². The lowest BCUT2D eigenvalue weighted by atomic mass is 9.75. The molecule has 1 aliphatic carbocycles. The third-order valence-corrected chi connectivity index (χ3v) is 5.19. The molecule has 0 atom stereocenters. The molecular formula is C16H26N4O. The summed E-state index contributed by atoms with van der Waals surface area (Å²) in [5.41, 5.74) is 3.23. The molecule has 0 bridgehead atoms. The Balaban J connectivity index is 1.72. The van der Waals surface area contributed by atoms with Gasteiger partial charge >= 0.3 is 0 Å². The quantitative estimate of drug-likeness (QED) is 0.877. The van der Waals surface area contributed by atoms with E-state index in [1.54, 1.807) is 0 Å². The van der Waals surface area contributed by atoms with Gasteiger partial charge in [0.2, 0.25) is 0 Å². The molecule has 1 fully saturated rings. The number of nitrogens with zero attached hydrogens (tertiary/aromatic N) is 2. The van der Waals surface area contributed by atoms with Gasteiger partial charge in [0.1, 0.15) is 0 Å². The minimum absolute atomic E-state index is 0.0703. The van der Waals surface area contributed by atoms with Gasteiger partial charge in [-0.05, 0) is 31.1 Å². The van der Waals surface area contributed by atoms with Crippen LogP contribution in [-0.4, -0.2) is 40.6 Å². The first kappa shape index (κ1) is 14.6. The van der Waals surface area contributed by atoms with Crippen molar-refractivity contribution in [3.63, 3.8) is 0 Å². The molecule has 1 aromatic heterocycles. The highest BCUT2D eigenvalue weighted by atomic mass is 16.2. The van der Waals surface area contributed by atoms with Crippen molar-refractivity contribution in [2.24, 2.45) is 5.41 Å². The highest BCUT2D eigenvalue weighted by Crippen LogP contribution is 2.37. The SMILES string of the molecule is CN(C(=O)c1n[nH]c2c1CNCC2)C1CCC(C)(C)CC1. The number of aromatic amines is 1. The average Bonchev–Trinajstić information content (AvgIpc) is 2.90. The summed E-state index contributed by atoms with van der Waals surface area (Å²) in [7, 11) is 1.93. The summed E-state index contributed by atoms with van der Waals surface area (Å²) in [4.78, 5) is 14.7. The summed E-state index contributed by atoms with van der Waals surface area (Å²) in [6.07, 6.45) is 5.50. The molecule has 1 aromatic rings. The van der Waals surface area contributed by atoms with Crippen LogP contribution in [-0.2, 0) is 13.0 Å². The van der Waals surface area contributed by atoms with E-state index in [4.69, 9.17) is 0 Å². The van der Waals surface area contributed by atoms with Crippen molar-refractivity contribution in [2.75, 3.05) is 13.6 Å². The van der Waals surface area contributed by atoms with Crippen LogP contribution < -0.4 is 5.32 Å². The van der Waals surface area contributed by atoms with Crippen LogP contribution in [0.3, 0.4) is 0 Å². The van der Waals surface area contributed by atoms with Gasteiger partial charge in [-0.3, -0.25) is 9.89 Å². The first-order valence-corrected chi connectivity index (χ1v) is 8.02. The molecule has 2 heterocycles. The van der Waals surface area contributed by atoms with Gasteiger partial charge in [-0.1, -0.05) is 13.8 Å². The van der Waals surface area contributed by atoms with E-state index in [2.05, 4.69) is 29.4 Å². The maximum absolute atomic E-state index is 12.8. The van der Waals surface area contributed by atoms with Gasteiger partial charge in [-0.2, -0.15) is 5.10 Å². The molecule has 3 rings (SSSR count). The minimum Gasteiger partial charge on any atom is -0.337 e. The fourth-order valence-electron chi connectivity index (χ4n) is 3.51. The van der Waals surface area contributed by atoms with Crippen LogP contribution in [0.15, 0.2) is 0 Å². The van der Waals surface area contributed by atoms with Gasteiger partial charge < -0.3 is 10.2 Å². The smallest absolute Gasteiger partial charge is 0.274 e. The van der Waals surface area contributed by atoms with Crippen LogP contribution in [0.5, 0.6) is 0 Å². The van der Waals surface area contributed by atoms with E-state index in [0.29, 0.717) is 17.2 Å². The monoisotopic (exact) mass is 290 g/mol. The Kier molecular flexibility index (Phi) is 3.78. The fraction of sp³-hybridized carbons (Fsp3) is 0.750. The summed E-state index contributed by atoms with van der Waals surface area (Å²) in [5, 5.41) is 10.6. The van der Waals surface area contributed by atoms with Crippen LogP contribution in [0, 0.1) is 5.41 Å². The second-order valence-electron chi connectivity index (χ2n) is 7.27. The van der Waals surface area contributed by atoms with Crippen LogP contribution in [0.2, 0.25) is 0 Å². The Bertz CT molecular complexity index is 524. The first-order chi connectivity index (χ1) is 9.98. The van der Waals surface area contributed by atoms with Crippen molar-refractivity contribution in [3.8, 4) is 0 Å². The summed E-state index contributed by atoms with van der Waals surface area (Å²) < 4.78 is 0. The van der Waals surface area contributed by atoms with Crippen molar-refractivity contribution in [2.45, 2.75) is 58.5 Å². The lowest BCUT2D eigenvalue weighted by Crippen LogP contribution is -2.41. The zero-order valence-electron chi connectivity index (χ0n) is 13.3. The van der Waals surface area contributed by atoms with Gasteiger partial charge in [0.05, 0.1) is 0 Å². The normalized spacial score (nSPS) is 21.9. The molecule has 5 heteroatoms. The van der Waals surface area contributed by atoms with Crippen LogP contribution in [0.1, 0.15) is 61.3 Å². The molecule has 0 unspecified atom stereocenters. The maximum atomic E-state index is 12.8. The van der Waals surface area contributed by atoms with Crippen LogP contribution in [0.25, 0.3) is 0 Å². The van der Waals surface area contributed by atoms with Crippen molar-refractivity contribution >= 4 is 5.91 Å². The Morgan fingerprint density at radius 1 is 1.33 bits per heavy atom. The zero-order valence-corrected chi connectivity index (χ0v) is 13.3. The molecule has 1 amide bonds. The number of nitrogens with one attached hydrogen (secondary N) is 2. The molecule has 0 spiro atoms. The summed E-state index contributed by atoms with van der Waals surface area (Å²) in [6, 6.07) is 0.356. The molecule has 1 aliphatic heterocycles. The number of amides is 1. The fourth-order valence-corrected chi connectivity index (χ4v) is 3.51. The standard InChI is InChI=1S/C16H26N4O/c1-16(2)7-4-11(5-8-16)20(3)15(21)14-12-10-17-9-6-13(12)18-19-14/h11,17H,4-10H2,1-3H3,(H,18,19). The van der Waals surface area contributed by atoms with Gasteiger partial charge in [-0.25, -0.2) is 0 Å². The molecule has 0 radical (unpaired) electrons. The second-order valence-corrected chi connectivity index (χ2v) is 7.27. The van der Waals surface area contributed by atoms with E-state index in [1.807, 2.05) is 11.9 Å². The zero-order chi connectivity index (χ0) is 15.0. The minimum atomic E-state index is 0.0703. The van der Waals surface area contributed by atoms with E-state index in [0.717, 1.165) is 43.6 Å². The Labute approximate surface area is 126 Å². The van der Waals surface area contributed by atoms with E-state index in [-0.39, 0.29) is 5.91 Å². The molecule has 0 aromatic carbocycles. The lowest BCUT2D eigenvalue weighted by molar-refractivity contribution is 0.0628. The predicted molar refractivity (Wildman–Crippen MR) is 82.1 cm³/mol. The van der Waals surface area contributed by atoms with Gasteiger partial charge in [-0.15, -0.1) is 0 Å². The van der Waals surface area contributed by atoms with Crippen molar-refractivity contribution in [1.82, 2.24) is 20.4 Å². The van der Waals surface area contributed by atoms with Crippen molar-refractivity contribution in [1.29, 1.82) is 0 Å². The summed E-state index contributed by atoms with van der Waals surface area (Å²) in [5.74, 6) is 0.0703. The molecule has 2 N–H and O–H groups in total. The van der Waals surface area contributed by atoms with E-state index in [1.165, 1.54) is 12.8 Å². The van der Waals surface area contributed by atoms with E-state index < -0.39 is 0 Å². The lowest BCUT2D eigenvalue weighted by Gasteiger charge is -2.38. The summed E-state index contributed by atoms with van der Waals surface area (Å²) >= 11 is 0.